The van der Waals surface area contributed by atoms with Gasteiger partial charge in [0.05, 0.1) is 26.0 Å². The molecule has 1 aromatic heterocycles. The molecule has 1 aromatic carbocycles. The van der Waals surface area contributed by atoms with Gasteiger partial charge < -0.3 is 14.2 Å². The van der Waals surface area contributed by atoms with E-state index in [-0.39, 0.29) is 5.91 Å². The minimum Gasteiger partial charge on any atom is -0.490 e. The Balaban J connectivity index is 2.24. The van der Waals surface area contributed by atoms with Gasteiger partial charge in [0, 0.05) is 10.4 Å². The maximum Gasteiger partial charge on any atom is 0.271 e. The summed E-state index contributed by atoms with van der Waals surface area (Å²) in [6.45, 7) is 6.99. The van der Waals surface area contributed by atoms with E-state index in [0.29, 0.717) is 42.6 Å². The third-order valence-corrected chi connectivity index (χ3v) is 3.88. The fourth-order valence-corrected chi connectivity index (χ4v) is 2.69. The summed E-state index contributed by atoms with van der Waals surface area (Å²) in [6.07, 6.45) is 1.60. The van der Waals surface area contributed by atoms with Crippen molar-refractivity contribution >= 4 is 23.5 Å². The SMILES string of the molecule is CCOc1cc(C(=O)N/N=C\c2cccs2)cc(OCC)c1OCC. The molecule has 2 aromatic rings. The third kappa shape index (κ3) is 5.22. The van der Waals surface area contributed by atoms with Crippen molar-refractivity contribution in [2.45, 2.75) is 20.8 Å². The number of carbonyl (C=O) groups excluding carboxylic acids is 1. The average molecular weight is 362 g/mol. The van der Waals surface area contributed by atoms with Gasteiger partial charge in [0.2, 0.25) is 5.75 Å². The number of nitrogens with zero attached hydrogens (tertiary/aromatic N) is 1. The maximum atomic E-state index is 12.4. The summed E-state index contributed by atoms with van der Waals surface area (Å²) < 4.78 is 16.8. The minimum atomic E-state index is -0.349. The van der Waals surface area contributed by atoms with Gasteiger partial charge in [-0.2, -0.15) is 5.10 Å². The molecule has 0 saturated carbocycles. The third-order valence-electron chi connectivity index (χ3n) is 3.07. The van der Waals surface area contributed by atoms with Crippen LogP contribution in [-0.4, -0.2) is 31.9 Å². The molecule has 6 nitrogen and oxygen atoms in total. The number of benzene rings is 1. The summed E-state index contributed by atoms with van der Waals surface area (Å²) in [7, 11) is 0. The van der Waals surface area contributed by atoms with Crippen molar-refractivity contribution in [3.05, 3.63) is 40.1 Å². The molecule has 0 saturated heterocycles. The number of hydrazone groups is 1. The molecular weight excluding hydrogens is 340 g/mol. The molecule has 0 unspecified atom stereocenters. The van der Waals surface area contributed by atoms with E-state index in [2.05, 4.69) is 10.5 Å². The van der Waals surface area contributed by atoms with Crippen molar-refractivity contribution in [2.24, 2.45) is 5.10 Å². The Kier molecular flexibility index (Phi) is 7.28. The molecule has 1 amide bonds. The zero-order valence-electron chi connectivity index (χ0n) is 14.6. The van der Waals surface area contributed by atoms with Crippen LogP contribution >= 0.6 is 11.3 Å². The highest BCUT2D eigenvalue weighted by atomic mass is 32.1. The highest BCUT2D eigenvalue weighted by Crippen LogP contribution is 2.39. The van der Waals surface area contributed by atoms with Gasteiger partial charge in [0.25, 0.3) is 5.91 Å². The number of thiophene rings is 1. The highest BCUT2D eigenvalue weighted by Gasteiger charge is 2.18. The van der Waals surface area contributed by atoms with E-state index in [1.54, 1.807) is 18.3 Å². The van der Waals surface area contributed by atoms with Crippen molar-refractivity contribution < 1.29 is 19.0 Å². The number of ether oxygens (including phenoxy) is 3. The van der Waals surface area contributed by atoms with Gasteiger partial charge in [-0.25, -0.2) is 5.43 Å². The molecule has 0 aliphatic rings. The fourth-order valence-electron chi connectivity index (χ4n) is 2.10. The van der Waals surface area contributed by atoms with Crippen LogP contribution in [0, 0.1) is 0 Å². The largest absolute Gasteiger partial charge is 0.490 e. The lowest BCUT2D eigenvalue weighted by atomic mass is 10.1. The van der Waals surface area contributed by atoms with Gasteiger partial charge in [0.1, 0.15) is 0 Å². The summed E-state index contributed by atoms with van der Waals surface area (Å²) in [6, 6.07) is 7.10. The number of amides is 1. The molecule has 0 aliphatic heterocycles. The Morgan fingerprint density at radius 3 is 2.28 bits per heavy atom. The highest BCUT2D eigenvalue weighted by molar-refractivity contribution is 7.11. The second kappa shape index (κ2) is 9.68. The van der Waals surface area contributed by atoms with E-state index in [4.69, 9.17) is 14.2 Å². The zero-order chi connectivity index (χ0) is 18.1. The summed E-state index contributed by atoms with van der Waals surface area (Å²) in [5.41, 5.74) is 2.90. The van der Waals surface area contributed by atoms with Crippen LogP contribution in [-0.2, 0) is 0 Å². The van der Waals surface area contributed by atoms with Crippen LogP contribution in [0.4, 0.5) is 0 Å². The summed E-state index contributed by atoms with van der Waals surface area (Å²) in [5, 5.41) is 5.92. The van der Waals surface area contributed by atoms with Crippen molar-refractivity contribution in [1.29, 1.82) is 0 Å². The number of rotatable bonds is 9. The Bertz CT molecular complexity index is 687. The Labute approximate surface area is 151 Å². The maximum absolute atomic E-state index is 12.4. The van der Waals surface area contributed by atoms with Gasteiger partial charge in [-0.3, -0.25) is 4.79 Å². The van der Waals surface area contributed by atoms with Crippen LogP contribution in [0.2, 0.25) is 0 Å². The van der Waals surface area contributed by atoms with Crippen LogP contribution in [0.5, 0.6) is 17.2 Å². The second-order valence-electron chi connectivity index (χ2n) is 4.82. The summed E-state index contributed by atoms with van der Waals surface area (Å²) in [4.78, 5) is 13.3. The molecule has 2 rings (SSSR count). The Morgan fingerprint density at radius 2 is 1.76 bits per heavy atom. The van der Waals surface area contributed by atoms with E-state index in [9.17, 15) is 4.79 Å². The fraction of sp³-hybridized carbons (Fsp3) is 0.333. The number of nitrogens with one attached hydrogen (secondary N) is 1. The van der Waals surface area contributed by atoms with Gasteiger partial charge >= 0.3 is 0 Å². The molecular formula is C18H22N2O4S. The topological polar surface area (TPSA) is 69.2 Å². The van der Waals surface area contributed by atoms with Crippen LogP contribution in [0.15, 0.2) is 34.7 Å². The lowest BCUT2D eigenvalue weighted by Gasteiger charge is -2.16. The van der Waals surface area contributed by atoms with Crippen molar-refractivity contribution in [3.8, 4) is 17.2 Å². The summed E-state index contributed by atoms with van der Waals surface area (Å²) in [5.74, 6) is 1.10. The number of hydrogen-bond acceptors (Lipinski definition) is 6. The van der Waals surface area contributed by atoms with Crippen LogP contribution in [0.1, 0.15) is 36.0 Å². The van der Waals surface area contributed by atoms with Crippen molar-refractivity contribution in [3.63, 3.8) is 0 Å². The van der Waals surface area contributed by atoms with Gasteiger partial charge in [0.15, 0.2) is 11.5 Å². The molecule has 0 atom stereocenters. The molecule has 7 heteroatoms. The first-order valence-electron chi connectivity index (χ1n) is 8.12. The molecule has 0 bridgehead atoms. The van der Waals surface area contributed by atoms with E-state index in [1.165, 1.54) is 11.3 Å². The normalized spacial score (nSPS) is 10.7. The van der Waals surface area contributed by atoms with Crippen LogP contribution in [0.3, 0.4) is 0 Å². The van der Waals surface area contributed by atoms with Gasteiger partial charge in [-0.1, -0.05) is 6.07 Å². The van der Waals surface area contributed by atoms with Gasteiger partial charge in [-0.05, 0) is 44.4 Å². The molecule has 25 heavy (non-hydrogen) atoms. The van der Waals surface area contributed by atoms with Crippen LogP contribution in [0.25, 0.3) is 0 Å². The molecule has 0 aliphatic carbocycles. The first kappa shape index (κ1) is 18.8. The van der Waals surface area contributed by atoms with Crippen molar-refractivity contribution in [2.75, 3.05) is 19.8 Å². The molecule has 0 spiro atoms. The molecule has 1 heterocycles. The molecule has 0 fully saturated rings. The first-order chi connectivity index (χ1) is 12.2. The first-order valence-corrected chi connectivity index (χ1v) is 9.00. The minimum absolute atomic E-state index is 0.349. The average Bonchev–Trinajstić information content (AvgIpc) is 3.11. The van der Waals surface area contributed by atoms with Crippen molar-refractivity contribution in [1.82, 2.24) is 5.43 Å². The lowest BCUT2D eigenvalue weighted by Crippen LogP contribution is -2.18. The predicted molar refractivity (Wildman–Crippen MR) is 99.3 cm³/mol. The molecule has 134 valence electrons. The quantitative estimate of drug-likeness (QED) is 0.545. The molecule has 0 radical (unpaired) electrons. The second-order valence-corrected chi connectivity index (χ2v) is 5.79. The van der Waals surface area contributed by atoms with E-state index in [0.717, 1.165) is 4.88 Å². The van der Waals surface area contributed by atoms with Gasteiger partial charge in [-0.15, -0.1) is 11.3 Å². The summed E-state index contributed by atoms with van der Waals surface area (Å²) >= 11 is 1.54. The Morgan fingerprint density at radius 1 is 1.12 bits per heavy atom. The number of carbonyl (C=O) groups is 1. The zero-order valence-corrected chi connectivity index (χ0v) is 15.4. The predicted octanol–water partition coefficient (Wildman–Crippen LogP) is 3.71. The smallest absolute Gasteiger partial charge is 0.271 e. The monoisotopic (exact) mass is 362 g/mol. The van der Waals surface area contributed by atoms with E-state index >= 15 is 0 Å². The van der Waals surface area contributed by atoms with E-state index < -0.39 is 0 Å². The number of hydrogen-bond donors (Lipinski definition) is 1. The molecule has 1 N–H and O–H groups in total. The standard InChI is InChI=1S/C18H22N2O4S/c1-4-22-15-10-13(11-16(23-5-2)17(15)24-6-3)18(21)20-19-12-14-8-7-9-25-14/h7-12H,4-6H2,1-3H3,(H,20,21)/b19-12-. The van der Waals surface area contributed by atoms with E-state index in [1.807, 2.05) is 38.3 Å². The Hall–Kier alpha value is -2.54. The van der Waals surface area contributed by atoms with Crippen LogP contribution < -0.4 is 19.6 Å². The lowest BCUT2D eigenvalue weighted by molar-refractivity contribution is 0.0954.